The Balaban J connectivity index is 1.70. The number of aromatic nitrogens is 1. The summed E-state index contributed by atoms with van der Waals surface area (Å²) in [4.78, 5) is 27.7. The number of unbranched alkanes of at least 4 members (excludes halogenated alkanes) is 1. The van der Waals surface area contributed by atoms with E-state index in [9.17, 15) is 18.0 Å². The van der Waals surface area contributed by atoms with Gasteiger partial charge in [-0.15, -0.1) is 0 Å². The second kappa shape index (κ2) is 10.6. The van der Waals surface area contributed by atoms with Crippen LogP contribution in [0.1, 0.15) is 54.4 Å². The molecule has 1 aliphatic heterocycles. The number of nitrogens with two attached hydrogens (primary N) is 1. The third-order valence-electron chi connectivity index (χ3n) is 6.23. The van der Waals surface area contributed by atoms with Crippen molar-refractivity contribution in [3.63, 3.8) is 0 Å². The van der Waals surface area contributed by atoms with Gasteiger partial charge in [-0.3, -0.25) is 14.5 Å². The van der Waals surface area contributed by atoms with Crippen molar-refractivity contribution in [2.75, 3.05) is 26.2 Å². The highest BCUT2D eigenvalue weighted by Gasteiger charge is 2.27. The third kappa shape index (κ3) is 6.10. The van der Waals surface area contributed by atoms with Crippen LogP contribution in [0.25, 0.3) is 5.69 Å². The Morgan fingerprint density at radius 1 is 1.18 bits per heavy atom. The van der Waals surface area contributed by atoms with Crippen LogP contribution in [0.5, 0.6) is 0 Å². The summed E-state index contributed by atoms with van der Waals surface area (Å²) in [5, 5.41) is 8.20. The van der Waals surface area contributed by atoms with Crippen LogP contribution in [0.4, 0.5) is 0 Å². The first-order valence-corrected chi connectivity index (χ1v) is 13.0. The molecule has 0 spiro atoms. The molecule has 180 valence electrons. The Labute approximate surface area is 196 Å². The van der Waals surface area contributed by atoms with E-state index in [0.717, 1.165) is 49.3 Å². The number of amides is 1. The Morgan fingerprint density at radius 3 is 2.52 bits per heavy atom. The number of Topliss-reactive ketones (excluding diaryl/α,β-unsaturated/α-hetero) is 1. The molecule has 8 nitrogen and oxygen atoms in total. The Kier molecular flexibility index (Phi) is 8.10. The maximum atomic E-state index is 13.2. The molecule has 0 aliphatic carbocycles. The molecule has 3 N–H and O–H groups in total. The van der Waals surface area contributed by atoms with Crippen molar-refractivity contribution in [3.05, 3.63) is 47.3 Å². The summed E-state index contributed by atoms with van der Waals surface area (Å²) in [5.74, 6) is 0.0254. The van der Waals surface area contributed by atoms with Crippen molar-refractivity contribution in [1.82, 2.24) is 14.8 Å². The molecule has 0 bridgehead atoms. The number of piperidine rings is 1. The fourth-order valence-corrected chi connectivity index (χ4v) is 4.98. The van der Waals surface area contributed by atoms with Gasteiger partial charge in [0.1, 0.15) is 0 Å². The summed E-state index contributed by atoms with van der Waals surface area (Å²) < 4.78 is 25.0. The summed E-state index contributed by atoms with van der Waals surface area (Å²) >= 11 is 0. The summed E-state index contributed by atoms with van der Waals surface area (Å²) in [6.45, 7) is 8.26. The lowest BCUT2D eigenvalue weighted by Gasteiger charge is -2.31. The number of hydrogen-bond acceptors (Lipinski definition) is 5. The zero-order chi connectivity index (χ0) is 24.2. The third-order valence-corrected chi connectivity index (χ3v) is 7.16. The molecule has 1 aromatic heterocycles. The number of likely N-dealkylation sites (tertiary alicyclic amines) is 1. The molecule has 1 aliphatic rings. The molecule has 0 radical (unpaired) electrons. The number of carbonyl (C=O) groups is 2. The molecule has 9 heteroatoms. The predicted molar refractivity (Wildman–Crippen MR) is 128 cm³/mol. The highest BCUT2D eigenvalue weighted by molar-refractivity contribution is 7.89. The number of nitrogens with zero attached hydrogens (tertiary/aromatic N) is 2. The van der Waals surface area contributed by atoms with Crippen LogP contribution in [0.3, 0.4) is 0 Å². The van der Waals surface area contributed by atoms with Gasteiger partial charge < -0.3 is 9.88 Å². The SMILES string of the molecule is CCCCNC(=O)C1CCCN(CC(=O)c2cc(C)n(-c3ccc(S(N)(=O)=O)cc3)c2C)C1. The van der Waals surface area contributed by atoms with Gasteiger partial charge in [-0.2, -0.15) is 0 Å². The first-order valence-electron chi connectivity index (χ1n) is 11.5. The summed E-state index contributed by atoms with van der Waals surface area (Å²) in [6.07, 6.45) is 3.77. The molecule has 0 saturated carbocycles. The lowest BCUT2D eigenvalue weighted by atomic mass is 9.96. The average Bonchev–Trinajstić information content (AvgIpc) is 3.07. The quantitative estimate of drug-likeness (QED) is 0.428. The van der Waals surface area contributed by atoms with E-state index in [-0.39, 0.29) is 29.0 Å². The number of hydrogen-bond donors (Lipinski definition) is 2. The molecule has 33 heavy (non-hydrogen) atoms. The van der Waals surface area contributed by atoms with Crippen LogP contribution in [-0.4, -0.2) is 55.8 Å². The van der Waals surface area contributed by atoms with E-state index in [1.165, 1.54) is 12.1 Å². The summed E-state index contributed by atoms with van der Waals surface area (Å²) in [5.41, 5.74) is 3.08. The lowest BCUT2D eigenvalue weighted by Crippen LogP contribution is -2.44. The van der Waals surface area contributed by atoms with Crippen molar-refractivity contribution in [2.24, 2.45) is 11.1 Å². The van der Waals surface area contributed by atoms with Gasteiger partial charge in [-0.05, 0) is 70.0 Å². The second-order valence-corrected chi connectivity index (χ2v) is 10.4. The number of benzene rings is 1. The van der Waals surface area contributed by atoms with Crippen molar-refractivity contribution in [1.29, 1.82) is 0 Å². The molecule has 2 aromatic rings. The van der Waals surface area contributed by atoms with Gasteiger partial charge in [-0.1, -0.05) is 13.3 Å². The van der Waals surface area contributed by atoms with Crippen LogP contribution in [0.2, 0.25) is 0 Å². The van der Waals surface area contributed by atoms with E-state index in [1.807, 2.05) is 24.5 Å². The van der Waals surface area contributed by atoms with Crippen molar-refractivity contribution >= 4 is 21.7 Å². The lowest BCUT2D eigenvalue weighted by molar-refractivity contribution is -0.126. The molecule has 1 fully saturated rings. The van der Waals surface area contributed by atoms with E-state index >= 15 is 0 Å². The monoisotopic (exact) mass is 474 g/mol. The molecule has 1 saturated heterocycles. The largest absolute Gasteiger partial charge is 0.356 e. The van der Waals surface area contributed by atoms with Crippen LogP contribution in [0, 0.1) is 19.8 Å². The van der Waals surface area contributed by atoms with Gasteiger partial charge in [0.15, 0.2) is 5.78 Å². The van der Waals surface area contributed by atoms with Gasteiger partial charge in [0.05, 0.1) is 17.4 Å². The van der Waals surface area contributed by atoms with Crippen molar-refractivity contribution < 1.29 is 18.0 Å². The number of primary sulfonamides is 1. The van der Waals surface area contributed by atoms with Crippen molar-refractivity contribution in [3.8, 4) is 5.69 Å². The van der Waals surface area contributed by atoms with E-state index in [0.29, 0.717) is 18.7 Å². The zero-order valence-corrected chi connectivity index (χ0v) is 20.5. The van der Waals surface area contributed by atoms with Gasteiger partial charge in [0, 0.05) is 35.7 Å². The topological polar surface area (TPSA) is 114 Å². The number of carbonyl (C=O) groups excluding carboxylic acids is 2. The first kappa shape index (κ1) is 25.1. The van der Waals surface area contributed by atoms with Gasteiger partial charge >= 0.3 is 0 Å². The van der Waals surface area contributed by atoms with Gasteiger partial charge in [0.25, 0.3) is 0 Å². The van der Waals surface area contributed by atoms with Crippen LogP contribution >= 0.6 is 0 Å². The van der Waals surface area contributed by atoms with Gasteiger partial charge in [-0.25, -0.2) is 13.6 Å². The smallest absolute Gasteiger partial charge is 0.238 e. The van der Waals surface area contributed by atoms with Gasteiger partial charge in [0.2, 0.25) is 15.9 Å². The van der Waals surface area contributed by atoms with E-state index in [2.05, 4.69) is 17.1 Å². The summed E-state index contributed by atoms with van der Waals surface area (Å²) in [7, 11) is -3.76. The fraction of sp³-hybridized carbons (Fsp3) is 0.500. The average molecular weight is 475 g/mol. The number of nitrogens with one attached hydrogen (secondary N) is 1. The normalized spacial score (nSPS) is 17.2. The molecular weight excluding hydrogens is 440 g/mol. The molecule has 2 heterocycles. The van der Waals surface area contributed by atoms with E-state index in [1.54, 1.807) is 12.1 Å². The Morgan fingerprint density at radius 2 is 1.88 bits per heavy atom. The molecule has 1 aromatic carbocycles. The predicted octanol–water partition coefficient (Wildman–Crippen LogP) is 2.55. The molecular formula is C24H34N4O4S. The second-order valence-electron chi connectivity index (χ2n) is 8.80. The standard InChI is InChI=1S/C24H34N4O4S/c1-4-5-12-26-24(30)19-7-6-13-27(15-19)16-23(29)22-14-17(2)28(18(22)3)20-8-10-21(11-9-20)33(25,31)32/h8-11,14,19H,4-7,12-13,15-16H2,1-3H3,(H,26,30)(H2,25,31,32). The molecule has 3 rings (SSSR count). The summed E-state index contributed by atoms with van der Waals surface area (Å²) in [6, 6.07) is 8.15. The molecule has 1 atom stereocenters. The number of sulfonamides is 1. The molecule has 1 amide bonds. The number of aryl methyl sites for hydroxylation is 1. The Hall–Kier alpha value is -2.49. The zero-order valence-electron chi connectivity index (χ0n) is 19.6. The minimum atomic E-state index is -3.76. The highest BCUT2D eigenvalue weighted by Crippen LogP contribution is 2.24. The maximum Gasteiger partial charge on any atom is 0.238 e. The minimum absolute atomic E-state index is 0.0162. The van der Waals surface area contributed by atoms with Crippen LogP contribution < -0.4 is 10.5 Å². The highest BCUT2D eigenvalue weighted by atomic mass is 32.2. The number of rotatable bonds is 9. The number of ketones is 1. The van der Waals surface area contributed by atoms with Crippen molar-refractivity contribution in [2.45, 2.75) is 51.3 Å². The van der Waals surface area contributed by atoms with E-state index in [4.69, 9.17) is 5.14 Å². The maximum absolute atomic E-state index is 13.2. The fourth-order valence-electron chi connectivity index (χ4n) is 4.46. The molecule has 1 unspecified atom stereocenters. The van der Waals surface area contributed by atoms with E-state index < -0.39 is 10.0 Å². The Bertz CT molecular complexity index is 1110. The minimum Gasteiger partial charge on any atom is -0.356 e. The first-order chi connectivity index (χ1) is 15.6. The van der Waals surface area contributed by atoms with Crippen LogP contribution in [-0.2, 0) is 14.8 Å². The van der Waals surface area contributed by atoms with Crippen LogP contribution in [0.15, 0.2) is 35.2 Å².